The van der Waals surface area contributed by atoms with E-state index in [9.17, 15) is 0 Å². The van der Waals surface area contributed by atoms with Crippen LogP contribution in [0.25, 0.3) is 0 Å². The topological polar surface area (TPSA) is 24.9 Å². The maximum absolute atomic E-state index is 4.96. The largest absolute Gasteiger partial charge is 0.317 e. The maximum Gasteiger partial charge on any atom is 0.0962 e. The van der Waals surface area contributed by atoms with E-state index in [2.05, 4.69) is 19.2 Å². The molecule has 1 aliphatic carbocycles. The predicted octanol–water partition coefficient (Wildman–Crippen LogP) is 3.37. The molecule has 3 rings (SSSR count). The zero-order valence-corrected chi connectivity index (χ0v) is 12.4. The van der Waals surface area contributed by atoms with E-state index in [4.69, 9.17) is 4.98 Å². The molecule has 1 aromatic rings. The quantitative estimate of drug-likeness (QED) is 0.886. The molecule has 1 fully saturated rings. The minimum atomic E-state index is 0.736. The molecule has 0 bridgehead atoms. The van der Waals surface area contributed by atoms with Crippen LogP contribution in [0.5, 0.6) is 0 Å². The van der Waals surface area contributed by atoms with Crippen LogP contribution < -0.4 is 5.32 Å². The standard InChI is InChI=1S/C15H24N2S/c1-10(2)12-3-4-13-14(9-12)18-15(17-13)11-5-7-16-8-6-11/h10-12,16H,3-9H2,1-2H3. The summed E-state index contributed by atoms with van der Waals surface area (Å²) in [5.74, 6) is 2.45. The summed E-state index contributed by atoms with van der Waals surface area (Å²) in [5.41, 5.74) is 1.44. The molecule has 0 radical (unpaired) electrons. The molecule has 2 nitrogen and oxygen atoms in total. The van der Waals surface area contributed by atoms with E-state index in [1.165, 1.54) is 55.9 Å². The number of rotatable bonds is 2. The minimum absolute atomic E-state index is 0.736. The SMILES string of the molecule is CC(C)C1CCc2nc(C3CCNCC3)sc2C1. The van der Waals surface area contributed by atoms with Crippen LogP contribution in [0.15, 0.2) is 0 Å². The maximum atomic E-state index is 4.96. The first-order chi connectivity index (χ1) is 8.74. The fourth-order valence-electron chi connectivity index (χ4n) is 3.23. The van der Waals surface area contributed by atoms with Crippen molar-refractivity contribution in [2.24, 2.45) is 11.8 Å². The summed E-state index contributed by atoms with van der Waals surface area (Å²) in [5, 5.41) is 4.88. The van der Waals surface area contributed by atoms with Gasteiger partial charge in [0, 0.05) is 10.8 Å². The van der Waals surface area contributed by atoms with E-state index in [1.54, 1.807) is 4.88 Å². The first-order valence-electron chi connectivity index (χ1n) is 7.43. The van der Waals surface area contributed by atoms with Gasteiger partial charge in [0.25, 0.3) is 0 Å². The van der Waals surface area contributed by atoms with Crippen molar-refractivity contribution in [2.75, 3.05) is 13.1 Å². The Hall–Kier alpha value is -0.410. The molecular formula is C15H24N2S. The molecule has 18 heavy (non-hydrogen) atoms. The first kappa shape index (κ1) is 12.6. The van der Waals surface area contributed by atoms with E-state index < -0.39 is 0 Å². The fourth-order valence-corrected chi connectivity index (χ4v) is 4.61. The number of hydrogen-bond donors (Lipinski definition) is 1. The molecule has 2 aliphatic rings. The lowest BCUT2D eigenvalue weighted by molar-refractivity contribution is 0.343. The molecule has 0 saturated carbocycles. The number of aromatic nitrogens is 1. The van der Waals surface area contributed by atoms with Crippen molar-refractivity contribution < 1.29 is 0 Å². The Bertz CT molecular complexity index is 405. The van der Waals surface area contributed by atoms with Gasteiger partial charge in [-0.3, -0.25) is 0 Å². The fraction of sp³-hybridized carbons (Fsp3) is 0.800. The molecule has 2 heterocycles. The van der Waals surface area contributed by atoms with Crippen molar-refractivity contribution in [1.29, 1.82) is 0 Å². The second kappa shape index (κ2) is 5.30. The summed E-state index contributed by atoms with van der Waals surface area (Å²) < 4.78 is 0. The summed E-state index contributed by atoms with van der Waals surface area (Å²) in [6, 6.07) is 0. The molecule has 1 atom stereocenters. The molecular weight excluding hydrogens is 240 g/mol. The van der Waals surface area contributed by atoms with Gasteiger partial charge in [-0.1, -0.05) is 13.8 Å². The van der Waals surface area contributed by atoms with Crippen molar-refractivity contribution >= 4 is 11.3 Å². The van der Waals surface area contributed by atoms with Gasteiger partial charge in [-0.25, -0.2) is 4.98 Å². The van der Waals surface area contributed by atoms with E-state index >= 15 is 0 Å². The highest BCUT2D eigenvalue weighted by atomic mass is 32.1. The van der Waals surface area contributed by atoms with E-state index in [0.717, 1.165) is 17.8 Å². The Morgan fingerprint density at radius 3 is 2.72 bits per heavy atom. The molecule has 1 aromatic heterocycles. The van der Waals surface area contributed by atoms with Crippen LogP contribution in [0.3, 0.4) is 0 Å². The first-order valence-corrected chi connectivity index (χ1v) is 8.25. The highest BCUT2D eigenvalue weighted by molar-refractivity contribution is 7.11. The third-order valence-corrected chi connectivity index (χ3v) is 5.91. The number of nitrogens with one attached hydrogen (secondary N) is 1. The van der Waals surface area contributed by atoms with Gasteiger partial charge >= 0.3 is 0 Å². The van der Waals surface area contributed by atoms with Crippen LogP contribution in [0.2, 0.25) is 0 Å². The van der Waals surface area contributed by atoms with Gasteiger partial charge in [0.2, 0.25) is 0 Å². The van der Waals surface area contributed by atoms with Crippen molar-refractivity contribution in [3.63, 3.8) is 0 Å². The summed E-state index contributed by atoms with van der Waals surface area (Å²) in [6.45, 7) is 7.07. The number of fused-ring (bicyclic) bond motifs is 1. The number of aryl methyl sites for hydroxylation is 1. The highest BCUT2D eigenvalue weighted by Crippen LogP contribution is 2.37. The van der Waals surface area contributed by atoms with Crippen molar-refractivity contribution in [1.82, 2.24) is 10.3 Å². The van der Waals surface area contributed by atoms with Crippen LogP contribution in [0.4, 0.5) is 0 Å². The van der Waals surface area contributed by atoms with Gasteiger partial charge in [0.05, 0.1) is 10.7 Å². The number of hydrogen-bond acceptors (Lipinski definition) is 3. The molecule has 3 heteroatoms. The molecule has 1 saturated heterocycles. The number of thiazole rings is 1. The smallest absolute Gasteiger partial charge is 0.0962 e. The Kier molecular flexibility index (Phi) is 3.71. The monoisotopic (exact) mass is 264 g/mol. The number of piperidine rings is 1. The zero-order valence-electron chi connectivity index (χ0n) is 11.5. The lowest BCUT2D eigenvalue weighted by Crippen LogP contribution is -2.26. The van der Waals surface area contributed by atoms with Crippen LogP contribution in [0, 0.1) is 11.8 Å². The number of nitrogens with zero attached hydrogens (tertiary/aromatic N) is 1. The van der Waals surface area contributed by atoms with E-state index in [0.29, 0.717) is 0 Å². The summed E-state index contributed by atoms with van der Waals surface area (Å²) in [7, 11) is 0. The van der Waals surface area contributed by atoms with E-state index in [-0.39, 0.29) is 0 Å². The highest BCUT2D eigenvalue weighted by Gasteiger charge is 2.27. The van der Waals surface area contributed by atoms with Crippen LogP contribution in [-0.4, -0.2) is 18.1 Å². The van der Waals surface area contributed by atoms with Crippen molar-refractivity contribution in [3.05, 3.63) is 15.6 Å². The van der Waals surface area contributed by atoms with Crippen LogP contribution in [-0.2, 0) is 12.8 Å². The zero-order chi connectivity index (χ0) is 12.5. The average molecular weight is 264 g/mol. The van der Waals surface area contributed by atoms with Crippen LogP contribution in [0.1, 0.15) is 54.6 Å². The van der Waals surface area contributed by atoms with Gasteiger partial charge in [-0.05, 0) is 57.0 Å². The molecule has 1 aliphatic heterocycles. The van der Waals surface area contributed by atoms with Crippen molar-refractivity contribution in [3.8, 4) is 0 Å². The van der Waals surface area contributed by atoms with Gasteiger partial charge < -0.3 is 5.32 Å². The van der Waals surface area contributed by atoms with Gasteiger partial charge in [-0.15, -0.1) is 11.3 Å². The molecule has 0 spiro atoms. The van der Waals surface area contributed by atoms with Crippen molar-refractivity contribution in [2.45, 2.75) is 51.9 Å². The van der Waals surface area contributed by atoms with Gasteiger partial charge in [-0.2, -0.15) is 0 Å². The molecule has 1 N–H and O–H groups in total. The Balaban J connectivity index is 1.76. The minimum Gasteiger partial charge on any atom is -0.317 e. The summed E-state index contributed by atoms with van der Waals surface area (Å²) in [6.07, 6.45) is 6.41. The molecule has 0 amide bonds. The lowest BCUT2D eigenvalue weighted by atomic mass is 9.83. The molecule has 1 unspecified atom stereocenters. The van der Waals surface area contributed by atoms with Gasteiger partial charge in [0.15, 0.2) is 0 Å². The third-order valence-electron chi connectivity index (χ3n) is 4.63. The summed E-state index contributed by atoms with van der Waals surface area (Å²) in [4.78, 5) is 6.56. The summed E-state index contributed by atoms with van der Waals surface area (Å²) >= 11 is 2.02. The van der Waals surface area contributed by atoms with E-state index in [1.807, 2.05) is 11.3 Å². The second-order valence-electron chi connectivity index (χ2n) is 6.19. The Morgan fingerprint density at radius 1 is 1.22 bits per heavy atom. The normalized spacial score (nSPS) is 25.4. The Morgan fingerprint density at radius 2 is 2.00 bits per heavy atom. The van der Waals surface area contributed by atoms with Gasteiger partial charge in [0.1, 0.15) is 0 Å². The lowest BCUT2D eigenvalue weighted by Gasteiger charge is -2.24. The Labute approximate surface area is 114 Å². The predicted molar refractivity (Wildman–Crippen MR) is 77.3 cm³/mol. The molecule has 0 aromatic carbocycles. The second-order valence-corrected chi connectivity index (χ2v) is 7.31. The molecule has 100 valence electrons. The average Bonchev–Trinajstić information content (AvgIpc) is 2.82. The van der Waals surface area contributed by atoms with Crippen LogP contribution >= 0.6 is 11.3 Å². The third kappa shape index (κ3) is 2.48.